The van der Waals surface area contributed by atoms with Crippen molar-refractivity contribution in [2.24, 2.45) is 5.92 Å². The number of aliphatic hydroxyl groups excluding tert-OH is 2. The Labute approximate surface area is 102 Å². The second-order valence-electron chi connectivity index (χ2n) is 5.00. The molecule has 5 unspecified atom stereocenters. The van der Waals surface area contributed by atoms with Crippen LogP contribution in [0.25, 0.3) is 0 Å². The van der Waals surface area contributed by atoms with E-state index in [1.807, 2.05) is 20.8 Å². The third kappa shape index (κ3) is 3.18. The molecule has 17 heavy (non-hydrogen) atoms. The predicted octanol–water partition coefficient (Wildman–Crippen LogP) is 0.0463. The summed E-state index contributed by atoms with van der Waals surface area (Å²) >= 11 is 0. The van der Waals surface area contributed by atoms with Crippen LogP contribution >= 0.6 is 0 Å². The highest BCUT2D eigenvalue weighted by Gasteiger charge is 2.44. The zero-order valence-electron chi connectivity index (χ0n) is 10.9. The number of ether oxygens (including phenoxy) is 1. The van der Waals surface area contributed by atoms with E-state index in [9.17, 15) is 15.0 Å². The van der Waals surface area contributed by atoms with E-state index < -0.39 is 18.2 Å². The topological polar surface area (TPSA) is 78.8 Å². The maximum Gasteiger partial charge on any atom is 0.217 e. The van der Waals surface area contributed by atoms with Gasteiger partial charge in [-0.15, -0.1) is 0 Å². The van der Waals surface area contributed by atoms with E-state index in [-0.39, 0.29) is 24.0 Å². The van der Waals surface area contributed by atoms with Gasteiger partial charge in [-0.2, -0.15) is 0 Å². The Morgan fingerprint density at radius 2 is 1.94 bits per heavy atom. The molecule has 5 nitrogen and oxygen atoms in total. The summed E-state index contributed by atoms with van der Waals surface area (Å²) in [5.41, 5.74) is 0. The Balaban J connectivity index is 2.86. The van der Waals surface area contributed by atoms with Crippen LogP contribution in [0.3, 0.4) is 0 Å². The van der Waals surface area contributed by atoms with Gasteiger partial charge in [0.15, 0.2) is 0 Å². The van der Waals surface area contributed by atoms with Crippen molar-refractivity contribution in [3.05, 3.63) is 0 Å². The Morgan fingerprint density at radius 1 is 1.35 bits per heavy atom. The van der Waals surface area contributed by atoms with Crippen molar-refractivity contribution in [2.45, 2.75) is 64.6 Å². The Kier molecular flexibility index (Phi) is 4.91. The zero-order chi connectivity index (χ0) is 13.2. The summed E-state index contributed by atoms with van der Waals surface area (Å²) in [5, 5.41) is 22.6. The number of nitrogens with one attached hydrogen (secondary N) is 1. The van der Waals surface area contributed by atoms with Crippen molar-refractivity contribution in [3.8, 4) is 0 Å². The zero-order valence-corrected chi connectivity index (χ0v) is 10.9. The number of carbonyl (C=O) groups is 1. The van der Waals surface area contributed by atoms with Crippen molar-refractivity contribution >= 4 is 5.91 Å². The van der Waals surface area contributed by atoms with Crippen LogP contribution < -0.4 is 5.32 Å². The molecule has 0 spiro atoms. The van der Waals surface area contributed by atoms with E-state index >= 15 is 0 Å². The second kappa shape index (κ2) is 5.80. The maximum absolute atomic E-state index is 11.1. The minimum absolute atomic E-state index is 0.156. The van der Waals surface area contributed by atoms with Crippen LogP contribution in [-0.2, 0) is 9.53 Å². The Morgan fingerprint density at radius 3 is 2.35 bits per heavy atom. The molecule has 0 aromatic carbocycles. The van der Waals surface area contributed by atoms with Gasteiger partial charge in [-0.3, -0.25) is 4.79 Å². The quantitative estimate of drug-likeness (QED) is 0.656. The summed E-state index contributed by atoms with van der Waals surface area (Å²) < 4.78 is 5.77. The van der Waals surface area contributed by atoms with E-state index in [1.165, 1.54) is 6.92 Å². The smallest absolute Gasteiger partial charge is 0.217 e. The first kappa shape index (κ1) is 14.4. The van der Waals surface area contributed by atoms with Crippen molar-refractivity contribution in [1.82, 2.24) is 5.32 Å². The van der Waals surface area contributed by atoms with E-state index in [2.05, 4.69) is 5.32 Å². The molecule has 100 valence electrons. The van der Waals surface area contributed by atoms with Crippen LogP contribution in [-0.4, -0.2) is 46.6 Å². The van der Waals surface area contributed by atoms with Crippen LogP contribution in [0.5, 0.6) is 0 Å². The fraction of sp³-hybridized carbons (Fsp3) is 0.917. The Hall–Kier alpha value is -0.650. The number of aliphatic hydroxyl groups is 2. The first-order valence-corrected chi connectivity index (χ1v) is 6.17. The maximum atomic E-state index is 11.1. The summed E-state index contributed by atoms with van der Waals surface area (Å²) in [6, 6.07) is -0.551. The van der Waals surface area contributed by atoms with Crippen molar-refractivity contribution < 1.29 is 19.7 Å². The van der Waals surface area contributed by atoms with E-state index in [0.29, 0.717) is 6.42 Å². The predicted molar refractivity (Wildman–Crippen MR) is 63.4 cm³/mol. The fourth-order valence-electron chi connectivity index (χ4n) is 2.31. The molecular formula is C12H23NO4. The largest absolute Gasteiger partial charge is 0.388 e. The van der Waals surface area contributed by atoms with Gasteiger partial charge in [0.05, 0.1) is 18.2 Å². The standard InChI is InChI=1S/C12H23NO4/c1-5-8-10(15)11(16)9(13-7(4)14)12(17-8)6(2)3/h6,8-12,15-16H,5H2,1-4H3,(H,13,14). The lowest BCUT2D eigenvalue weighted by molar-refractivity contribution is -0.196. The Bertz CT molecular complexity index is 269. The van der Waals surface area contributed by atoms with Crippen LogP contribution in [0.4, 0.5) is 0 Å². The molecule has 0 radical (unpaired) electrons. The molecule has 0 aliphatic carbocycles. The molecule has 1 heterocycles. The van der Waals surface area contributed by atoms with Gasteiger partial charge in [-0.05, 0) is 12.3 Å². The molecule has 1 rings (SSSR count). The summed E-state index contributed by atoms with van der Waals surface area (Å²) in [5.74, 6) is -0.0755. The molecule has 1 aliphatic heterocycles. The molecule has 1 saturated heterocycles. The number of carbonyl (C=O) groups excluding carboxylic acids is 1. The number of rotatable bonds is 3. The van der Waals surface area contributed by atoms with Crippen molar-refractivity contribution in [1.29, 1.82) is 0 Å². The highest BCUT2D eigenvalue weighted by atomic mass is 16.5. The number of hydrogen-bond acceptors (Lipinski definition) is 4. The lowest BCUT2D eigenvalue weighted by Crippen LogP contribution is -2.64. The minimum atomic E-state index is -0.981. The van der Waals surface area contributed by atoms with Gasteiger partial charge in [-0.25, -0.2) is 0 Å². The van der Waals surface area contributed by atoms with Gasteiger partial charge in [-0.1, -0.05) is 20.8 Å². The third-order valence-electron chi connectivity index (χ3n) is 3.21. The summed E-state index contributed by atoms with van der Waals surface area (Å²) in [6.45, 7) is 7.23. The van der Waals surface area contributed by atoms with Crippen molar-refractivity contribution in [2.75, 3.05) is 0 Å². The van der Waals surface area contributed by atoms with Crippen molar-refractivity contribution in [3.63, 3.8) is 0 Å². The summed E-state index contributed by atoms with van der Waals surface area (Å²) in [6.07, 6.45) is -1.95. The molecule has 0 saturated carbocycles. The van der Waals surface area contributed by atoms with Crippen LogP contribution in [0.15, 0.2) is 0 Å². The number of amides is 1. The molecule has 5 heteroatoms. The van der Waals surface area contributed by atoms with Gasteiger partial charge in [0.1, 0.15) is 12.2 Å². The third-order valence-corrected chi connectivity index (χ3v) is 3.21. The average molecular weight is 245 g/mol. The van der Waals surface area contributed by atoms with E-state index in [4.69, 9.17) is 4.74 Å². The SMILES string of the molecule is CCC1OC(C(C)C)C(NC(C)=O)C(O)C1O. The molecule has 0 bridgehead atoms. The summed E-state index contributed by atoms with van der Waals surface area (Å²) in [4.78, 5) is 11.1. The first-order valence-electron chi connectivity index (χ1n) is 6.17. The summed E-state index contributed by atoms with van der Waals surface area (Å²) in [7, 11) is 0. The minimum Gasteiger partial charge on any atom is -0.388 e. The van der Waals surface area contributed by atoms with Crippen LogP contribution in [0.2, 0.25) is 0 Å². The lowest BCUT2D eigenvalue weighted by atomic mass is 9.86. The van der Waals surface area contributed by atoms with Gasteiger partial charge < -0.3 is 20.3 Å². The average Bonchev–Trinajstić information content (AvgIpc) is 2.24. The van der Waals surface area contributed by atoms with Gasteiger partial charge in [0.2, 0.25) is 5.91 Å². The second-order valence-corrected chi connectivity index (χ2v) is 5.00. The molecule has 1 aliphatic rings. The highest BCUT2D eigenvalue weighted by molar-refractivity contribution is 5.73. The van der Waals surface area contributed by atoms with E-state index in [1.54, 1.807) is 0 Å². The fourth-order valence-corrected chi connectivity index (χ4v) is 2.31. The van der Waals surface area contributed by atoms with Gasteiger partial charge in [0.25, 0.3) is 0 Å². The van der Waals surface area contributed by atoms with Crippen LogP contribution in [0.1, 0.15) is 34.1 Å². The van der Waals surface area contributed by atoms with Crippen LogP contribution in [0, 0.1) is 5.92 Å². The molecule has 1 amide bonds. The first-order chi connectivity index (χ1) is 7.88. The number of hydrogen-bond donors (Lipinski definition) is 3. The lowest BCUT2D eigenvalue weighted by Gasteiger charge is -2.44. The molecular weight excluding hydrogens is 222 g/mol. The molecule has 0 aromatic heterocycles. The molecule has 5 atom stereocenters. The van der Waals surface area contributed by atoms with Gasteiger partial charge >= 0.3 is 0 Å². The highest BCUT2D eigenvalue weighted by Crippen LogP contribution is 2.27. The molecule has 1 fully saturated rings. The van der Waals surface area contributed by atoms with E-state index in [0.717, 1.165) is 0 Å². The normalized spacial score (nSPS) is 38.2. The molecule has 0 aromatic rings. The molecule has 3 N–H and O–H groups in total. The monoisotopic (exact) mass is 245 g/mol. The van der Waals surface area contributed by atoms with Gasteiger partial charge in [0, 0.05) is 6.92 Å².